The van der Waals surface area contributed by atoms with E-state index in [1.165, 1.54) is 6.33 Å². The van der Waals surface area contributed by atoms with E-state index >= 15 is 0 Å². The number of hydrogen-bond donors (Lipinski definition) is 1. The second-order valence-electron chi connectivity index (χ2n) is 6.36. The molecule has 0 aromatic carbocycles. The van der Waals surface area contributed by atoms with Gasteiger partial charge in [-0.1, -0.05) is 6.92 Å². The van der Waals surface area contributed by atoms with Crippen molar-refractivity contribution >= 4 is 17.3 Å². The Morgan fingerprint density at radius 1 is 1.43 bits per heavy atom. The summed E-state index contributed by atoms with van der Waals surface area (Å²) < 4.78 is 5.55. The molecule has 2 aliphatic rings. The standard InChI is InChI=1S/C15H23N5O3/c1-11-4-2-6-19(9-11)15-13(20(21)22)14(17-10-18-15)16-8-12-5-3-7-23-12/h10-12H,2-9H2,1H3,(H,16,17,18). The number of ether oxygens (including phenoxy) is 1. The summed E-state index contributed by atoms with van der Waals surface area (Å²) in [6.45, 7) is 5.05. The van der Waals surface area contributed by atoms with E-state index in [1.807, 2.05) is 4.90 Å². The van der Waals surface area contributed by atoms with E-state index in [-0.39, 0.29) is 22.5 Å². The lowest BCUT2D eigenvalue weighted by Crippen LogP contribution is -2.35. The van der Waals surface area contributed by atoms with Crippen LogP contribution in [0, 0.1) is 16.0 Å². The minimum Gasteiger partial charge on any atom is -0.376 e. The number of piperidine rings is 1. The zero-order valence-electron chi connectivity index (χ0n) is 13.4. The third-order valence-electron chi connectivity index (χ3n) is 4.46. The molecule has 3 rings (SSSR count). The third kappa shape index (κ3) is 3.69. The molecule has 2 fully saturated rings. The maximum absolute atomic E-state index is 11.6. The minimum atomic E-state index is -0.382. The Morgan fingerprint density at radius 3 is 3.00 bits per heavy atom. The molecule has 23 heavy (non-hydrogen) atoms. The Bertz CT molecular complexity index is 562. The Balaban J connectivity index is 1.81. The Kier molecular flexibility index (Phi) is 4.90. The summed E-state index contributed by atoms with van der Waals surface area (Å²) in [5.41, 5.74) is -0.0282. The maximum atomic E-state index is 11.6. The predicted molar refractivity (Wildman–Crippen MR) is 86.8 cm³/mol. The van der Waals surface area contributed by atoms with Gasteiger partial charge in [-0.15, -0.1) is 0 Å². The van der Waals surface area contributed by atoms with Crippen molar-refractivity contribution in [3.05, 3.63) is 16.4 Å². The fourth-order valence-corrected chi connectivity index (χ4v) is 3.30. The van der Waals surface area contributed by atoms with Crippen molar-refractivity contribution < 1.29 is 9.66 Å². The maximum Gasteiger partial charge on any atom is 0.353 e. The van der Waals surface area contributed by atoms with E-state index in [0.29, 0.717) is 18.3 Å². The zero-order valence-corrected chi connectivity index (χ0v) is 13.4. The molecule has 0 radical (unpaired) electrons. The van der Waals surface area contributed by atoms with Crippen molar-refractivity contribution in [2.24, 2.45) is 5.92 Å². The van der Waals surface area contributed by atoms with Crippen LogP contribution in [0.2, 0.25) is 0 Å². The largest absolute Gasteiger partial charge is 0.376 e. The molecular formula is C15H23N5O3. The molecule has 0 saturated carbocycles. The number of nitrogens with one attached hydrogen (secondary N) is 1. The van der Waals surface area contributed by atoms with Crippen LogP contribution in [0.15, 0.2) is 6.33 Å². The molecule has 2 aliphatic heterocycles. The summed E-state index contributed by atoms with van der Waals surface area (Å²) in [4.78, 5) is 21.5. The van der Waals surface area contributed by atoms with E-state index < -0.39 is 0 Å². The smallest absolute Gasteiger partial charge is 0.353 e. The fraction of sp³-hybridized carbons (Fsp3) is 0.733. The van der Waals surface area contributed by atoms with E-state index in [9.17, 15) is 10.1 Å². The quantitative estimate of drug-likeness (QED) is 0.656. The van der Waals surface area contributed by atoms with E-state index in [1.54, 1.807) is 0 Å². The lowest BCUT2D eigenvalue weighted by Gasteiger charge is -2.31. The van der Waals surface area contributed by atoms with Crippen molar-refractivity contribution in [1.29, 1.82) is 0 Å². The molecule has 0 aliphatic carbocycles. The van der Waals surface area contributed by atoms with E-state index in [0.717, 1.165) is 45.4 Å². The summed E-state index contributed by atoms with van der Waals surface area (Å²) in [5, 5.41) is 14.7. The van der Waals surface area contributed by atoms with Crippen molar-refractivity contribution in [2.45, 2.75) is 38.7 Å². The molecule has 126 valence electrons. The SMILES string of the molecule is CC1CCCN(c2ncnc(NCC3CCCO3)c2[N+](=O)[O-])C1. The molecule has 8 heteroatoms. The Morgan fingerprint density at radius 2 is 2.30 bits per heavy atom. The average molecular weight is 321 g/mol. The summed E-state index contributed by atoms with van der Waals surface area (Å²) in [6, 6.07) is 0. The molecule has 3 heterocycles. The lowest BCUT2D eigenvalue weighted by atomic mass is 10.0. The van der Waals surface area contributed by atoms with Crippen molar-refractivity contribution in [2.75, 3.05) is 36.5 Å². The second kappa shape index (κ2) is 7.08. The van der Waals surface area contributed by atoms with Crippen LogP contribution >= 0.6 is 0 Å². The number of anilines is 2. The number of nitrogens with zero attached hydrogens (tertiary/aromatic N) is 4. The van der Waals surface area contributed by atoms with Crippen LogP contribution in [0.1, 0.15) is 32.6 Å². The topological polar surface area (TPSA) is 93.4 Å². The highest BCUT2D eigenvalue weighted by Gasteiger charge is 2.29. The number of aromatic nitrogens is 2. The van der Waals surface area contributed by atoms with Gasteiger partial charge < -0.3 is 15.0 Å². The summed E-state index contributed by atoms with van der Waals surface area (Å²) in [5.74, 6) is 1.22. The van der Waals surface area contributed by atoms with Gasteiger partial charge in [-0.2, -0.15) is 0 Å². The van der Waals surface area contributed by atoms with Crippen LogP contribution in [-0.4, -0.2) is 47.2 Å². The van der Waals surface area contributed by atoms with E-state index in [2.05, 4.69) is 22.2 Å². The predicted octanol–water partition coefficient (Wildman–Crippen LogP) is 2.21. The van der Waals surface area contributed by atoms with Crippen LogP contribution in [-0.2, 0) is 4.74 Å². The molecule has 2 saturated heterocycles. The first-order valence-corrected chi connectivity index (χ1v) is 8.25. The first kappa shape index (κ1) is 15.9. The number of hydrogen-bond acceptors (Lipinski definition) is 7. The molecule has 1 aromatic rings. The number of rotatable bonds is 5. The first-order chi connectivity index (χ1) is 11.1. The summed E-state index contributed by atoms with van der Waals surface area (Å²) in [7, 11) is 0. The van der Waals surface area contributed by atoms with Gasteiger partial charge in [0.1, 0.15) is 6.33 Å². The number of nitro groups is 1. The van der Waals surface area contributed by atoms with Gasteiger partial charge in [0.15, 0.2) is 0 Å². The van der Waals surface area contributed by atoms with Crippen LogP contribution in [0.3, 0.4) is 0 Å². The van der Waals surface area contributed by atoms with Gasteiger partial charge in [-0.25, -0.2) is 9.97 Å². The lowest BCUT2D eigenvalue weighted by molar-refractivity contribution is -0.383. The molecule has 1 aromatic heterocycles. The van der Waals surface area contributed by atoms with Gasteiger partial charge in [-0.3, -0.25) is 10.1 Å². The van der Waals surface area contributed by atoms with Crippen molar-refractivity contribution in [3.8, 4) is 0 Å². The van der Waals surface area contributed by atoms with Gasteiger partial charge >= 0.3 is 5.69 Å². The highest BCUT2D eigenvalue weighted by molar-refractivity contribution is 5.70. The van der Waals surface area contributed by atoms with Crippen LogP contribution in [0.4, 0.5) is 17.3 Å². The van der Waals surface area contributed by atoms with Gasteiger partial charge in [0.2, 0.25) is 11.6 Å². The van der Waals surface area contributed by atoms with Crippen molar-refractivity contribution in [1.82, 2.24) is 9.97 Å². The van der Waals surface area contributed by atoms with E-state index in [4.69, 9.17) is 4.74 Å². The summed E-state index contributed by atoms with van der Waals surface area (Å²) >= 11 is 0. The fourth-order valence-electron chi connectivity index (χ4n) is 3.30. The molecule has 0 amide bonds. The highest BCUT2D eigenvalue weighted by atomic mass is 16.6. The average Bonchev–Trinajstić information content (AvgIpc) is 3.05. The molecule has 1 N–H and O–H groups in total. The molecule has 2 atom stereocenters. The van der Waals surface area contributed by atoms with Gasteiger partial charge in [0.05, 0.1) is 11.0 Å². The van der Waals surface area contributed by atoms with Gasteiger partial charge in [0, 0.05) is 26.2 Å². The van der Waals surface area contributed by atoms with Crippen LogP contribution in [0.25, 0.3) is 0 Å². The Hall–Kier alpha value is -1.96. The normalized spacial score (nSPS) is 24.7. The minimum absolute atomic E-state index is 0.0282. The molecule has 0 bridgehead atoms. The van der Waals surface area contributed by atoms with Crippen LogP contribution in [0.5, 0.6) is 0 Å². The monoisotopic (exact) mass is 321 g/mol. The highest BCUT2D eigenvalue weighted by Crippen LogP contribution is 2.34. The van der Waals surface area contributed by atoms with Crippen LogP contribution < -0.4 is 10.2 Å². The third-order valence-corrected chi connectivity index (χ3v) is 4.46. The molecule has 0 spiro atoms. The Labute approximate surface area is 135 Å². The molecular weight excluding hydrogens is 298 g/mol. The van der Waals surface area contributed by atoms with Crippen molar-refractivity contribution in [3.63, 3.8) is 0 Å². The van der Waals surface area contributed by atoms with Gasteiger partial charge in [-0.05, 0) is 31.6 Å². The first-order valence-electron chi connectivity index (χ1n) is 8.25. The van der Waals surface area contributed by atoms with Gasteiger partial charge in [0.25, 0.3) is 0 Å². The molecule has 8 nitrogen and oxygen atoms in total. The molecule has 2 unspecified atom stereocenters. The second-order valence-corrected chi connectivity index (χ2v) is 6.36. The summed E-state index contributed by atoms with van der Waals surface area (Å²) in [6.07, 6.45) is 5.69. The zero-order chi connectivity index (χ0) is 16.2.